The average Bonchev–Trinajstić information content (AvgIpc) is 2.78. The molecule has 2 atom stereocenters. The third kappa shape index (κ3) is 2.66. The molecular weight excluding hydrogens is 310 g/mol. The molecular formula is C14H17NO6S. The molecule has 1 N–H and O–H groups in total. The number of aryl methyl sites for hydroxylation is 1. The fourth-order valence-corrected chi connectivity index (χ4v) is 3.75. The predicted octanol–water partition coefficient (Wildman–Crippen LogP) is 1.61. The number of ether oxygens (including phenoxy) is 1. The van der Waals surface area contributed by atoms with Gasteiger partial charge in [-0.05, 0) is 25.0 Å². The number of carboxylic acids is 1. The molecule has 1 fully saturated rings. The Labute approximate surface area is 128 Å². The van der Waals surface area contributed by atoms with E-state index in [1.165, 1.54) is 12.1 Å². The maximum atomic E-state index is 12.6. The highest BCUT2D eigenvalue weighted by molar-refractivity contribution is 7.89. The highest BCUT2D eigenvalue weighted by atomic mass is 32.2. The standard InChI is InChI=1S/C14H17NO6S/c1-8(2)12-11(13(16)17)15(14(18)21-12)22(19,20)10-6-4-9(3)5-7-10/h4-8,11-12H,1-3H3,(H,16,17)/t11-,12-/m0/s1. The van der Waals surface area contributed by atoms with E-state index >= 15 is 0 Å². The maximum absolute atomic E-state index is 12.6. The molecule has 1 aromatic carbocycles. The first-order valence-electron chi connectivity index (χ1n) is 6.70. The van der Waals surface area contributed by atoms with Crippen molar-refractivity contribution in [3.63, 3.8) is 0 Å². The number of amides is 1. The first-order chi connectivity index (χ1) is 10.2. The Morgan fingerprint density at radius 1 is 1.27 bits per heavy atom. The zero-order valence-corrected chi connectivity index (χ0v) is 13.2. The molecule has 22 heavy (non-hydrogen) atoms. The lowest BCUT2D eigenvalue weighted by molar-refractivity contribution is -0.142. The van der Waals surface area contributed by atoms with Crippen LogP contribution in [0.2, 0.25) is 0 Å². The molecule has 1 saturated heterocycles. The molecule has 1 aliphatic rings. The lowest BCUT2D eigenvalue weighted by Gasteiger charge is -2.22. The molecule has 1 heterocycles. The molecule has 2 rings (SSSR count). The number of aliphatic carboxylic acids is 1. The number of sulfonamides is 1. The van der Waals surface area contributed by atoms with Gasteiger partial charge in [-0.2, -0.15) is 4.31 Å². The predicted molar refractivity (Wildman–Crippen MR) is 76.7 cm³/mol. The second-order valence-electron chi connectivity index (χ2n) is 5.49. The van der Waals surface area contributed by atoms with Gasteiger partial charge in [0.2, 0.25) is 0 Å². The van der Waals surface area contributed by atoms with Crippen LogP contribution in [0.3, 0.4) is 0 Å². The second-order valence-corrected chi connectivity index (χ2v) is 7.30. The number of carbonyl (C=O) groups excluding carboxylic acids is 1. The summed E-state index contributed by atoms with van der Waals surface area (Å²) in [6, 6.07) is 4.24. The summed E-state index contributed by atoms with van der Waals surface area (Å²) >= 11 is 0. The van der Waals surface area contributed by atoms with E-state index in [1.807, 2.05) is 0 Å². The van der Waals surface area contributed by atoms with Gasteiger partial charge in [-0.3, -0.25) is 0 Å². The van der Waals surface area contributed by atoms with E-state index < -0.39 is 34.2 Å². The SMILES string of the molecule is Cc1ccc(S(=O)(=O)N2C(=O)O[C@@H](C(C)C)[C@H]2C(=O)O)cc1. The van der Waals surface area contributed by atoms with Crippen molar-refractivity contribution >= 4 is 22.1 Å². The minimum atomic E-state index is -4.29. The van der Waals surface area contributed by atoms with Crippen molar-refractivity contribution < 1.29 is 27.9 Å². The second kappa shape index (κ2) is 5.60. The molecule has 0 aliphatic carbocycles. The molecule has 1 aliphatic heterocycles. The number of hydrogen-bond donors (Lipinski definition) is 1. The molecule has 0 saturated carbocycles. The van der Waals surface area contributed by atoms with Gasteiger partial charge in [0, 0.05) is 0 Å². The molecule has 0 aromatic heterocycles. The Bertz CT molecular complexity index is 695. The summed E-state index contributed by atoms with van der Waals surface area (Å²) in [7, 11) is -4.29. The van der Waals surface area contributed by atoms with Crippen LogP contribution in [-0.2, 0) is 19.6 Å². The van der Waals surface area contributed by atoms with Crippen molar-refractivity contribution in [1.29, 1.82) is 0 Å². The van der Waals surface area contributed by atoms with Crippen LogP contribution in [0, 0.1) is 12.8 Å². The largest absolute Gasteiger partial charge is 0.480 e. The highest BCUT2D eigenvalue weighted by Crippen LogP contribution is 2.31. The van der Waals surface area contributed by atoms with Gasteiger partial charge in [0.05, 0.1) is 4.90 Å². The molecule has 120 valence electrons. The van der Waals surface area contributed by atoms with Crippen LogP contribution in [0.15, 0.2) is 29.2 Å². The maximum Gasteiger partial charge on any atom is 0.425 e. The van der Waals surface area contributed by atoms with Crippen molar-refractivity contribution in [3.8, 4) is 0 Å². The molecule has 0 unspecified atom stereocenters. The first-order valence-corrected chi connectivity index (χ1v) is 8.14. The summed E-state index contributed by atoms with van der Waals surface area (Å²) in [6.45, 7) is 5.11. The molecule has 0 spiro atoms. The van der Waals surface area contributed by atoms with Gasteiger partial charge in [0.1, 0.15) is 6.10 Å². The Morgan fingerprint density at radius 2 is 1.82 bits per heavy atom. The Morgan fingerprint density at radius 3 is 2.27 bits per heavy atom. The van der Waals surface area contributed by atoms with Crippen LogP contribution >= 0.6 is 0 Å². The van der Waals surface area contributed by atoms with Crippen LogP contribution in [-0.4, -0.2) is 42.0 Å². The Hall–Kier alpha value is -2.09. The highest BCUT2D eigenvalue weighted by Gasteiger charge is 2.53. The normalized spacial score (nSPS) is 22.0. The summed E-state index contributed by atoms with van der Waals surface area (Å²) in [6.07, 6.45) is -2.18. The van der Waals surface area contributed by atoms with Gasteiger partial charge < -0.3 is 9.84 Å². The quantitative estimate of drug-likeness (QED) is 0.901. The van der Waals surface area contributed by atoms with E-state index in [4.69, 9.17) is 4.74 Å². The molecule has 0 radical (unpaired) electrons. The first kappa shape index (κ1) is 16.3. The van der Waals surface area contributed by atoms with Gasteiger partial charge >= 0.3 is 12.1 Å². The molecule has 1 aromatic rings. The van der Waals surface area contributed by atoms with Crippen molar-refractivity contribution in [2.24, 2.45) is 5.92 Å². The number of rotatable bonds is 4. The number of cyclic esters (lactones) is 1. The fourth-order valence-electron chi connectivity index (χ4n) is 2.29. The van der Waals surface area contributed by atoms with Gasteiger partial charge in [0.15, 0.2) is 6.04 Å². The zero-order valence-electron chi connectivity index (χ0n) is 12.4. The van der Waals surface area contributed by atoms with Crippen molar-refractivity contribution in [3.05, 3.63) is 29.8 Å². The minimum absolute atomic E-state index is 0.147. The molecule has 7 nitrogen and oxygen atoms in total. The van der Waals surface area contributed by atoms with Crippen molar-refractivity contribution in [1.82, 2.24) is 4.31 Å². The third-order valence-corrected chi connectivity index (χ3v) is 5.23. The smallest absolute Gasteiger partial charge is 0.425 e. The van der Waals surface area contributed by atoms with Gasteiger partial charge in [-0.25, -0.2) is 18.0 Å². The number of hydrogen-bond acceptors (Lipinski definition) is 5. The lowest BCUT2D eigenvalue weighted by Crippen LogP contribution is -2.47. The minimum Gasteiger partial charge on any atom is -0.480 e. The topological polar surface area (TPSA) is 101 Å². The summed E-state index contributed by atoms with van der Waals surface area (Å²) in [5.74, 6) is -1.75. The number of benzene rings is 1. The van der Waals surface area contributed by atoms with Crippen molar-refractivity contribution in [2.75, 3.05) is 0 Å². The fraction of sp³-hybridized carbons (Fsp3) is 0.429. The van der Waals surface area contributed by atoms with E-state index in [0.717, 1.165) is 5.56 Å². The molecule has 0 bridgehead atoms. The van der Waals surface area contributed by atoms with E-state index in [1.54, 1.807) is 32.9 Å². The molecule has 1 amide bonds. The Balaban J connectivity index is 2.50. The third-order valence-electron chi connectivity index (χ3n) is 3.47. The van der Waals surface area contributed by atoms with Crippen LogP contribution in [0.25, 0.3) is 0 Å². The van der Waals surface area contributed by atoms with E-state index in [2.05, 4.69) is 0 Å². The van der Waals surface area contributed by atoms with Crippen molar-refractivity contribution in [2.45, 2.75) is 37.8 Å². The Kier molecular flexibility index (Phi) is 4.15. The number of nitrogens with zero attached hydrogens (tertiary/aromatic N) is 1. The van der Waals surface area contributed by atoms with E-state index in [0.29, 0.717) is 4.31 Å². The van der Waals surface area contributed by atoms with E-state index in [9.17, 15) is 23.1 Å². The van der Waals surface area contributed by atoms with Crippen LogP contribution in [0.4, 0.5) is 4.79 Å². The monoisotopic (exact) mass is 327 g/mol. The van der Waals surface area contributed by atoms with Gasteiger partial charge in [-0.1, -0.05) is 31.5 Å². The van der Waals surface area contributed by atoms with Crippen LogP contribution < -0.4 is 0 Å². The zero-order chi connectivity index (χ0) is 16.7. The lowest BCUT2D eigenvalue weighted by atomic mass is 10.0. The molecule has 8 heteroatoms. The van der Waals surface area contributed by atoms with Gasteiger partial charge in [-0.15, -0.1) is 0 Å². The van der Waals surface area contributed by atoms with E-state index in [-0.39, 0.29) is 10.8 Å². The van der Waals surface area contributed by atoms with Gasteiger partial charge in [0.25, 0.3) is 10.0 Å². The van der Waals surface area contributed by atoms with Crippen LogP contribution in [0.1, 0.15) is 19.4 Å². The number of carbonyl (C=O) groups is 2. The average molecular weight is 327 g/mol. The number of carboxylic acid groups (broad SMARTS) is 1. The summed E-state index contributed by atoms with van der Waals surface area (Å²) < 4.78 is 30.5. The van der Waals surface area contributed by atoms with Crippen LogP contribution in [0.5, 0.6) is 0 Å². The summed E-state index contributed by atoms with van der Waals surface area (Å²) in [5.41, 5.74) is 0.845. The summed E-state index contributed by atoms with van der Waals surface area (Å²) in [5, 5.41) is 9.34. The summed E-state index contributed by atoms with van der Waals surface area (Å²) in [4.78, 5) is 23.3.